The Morgan fingerprint density at radius 3 is 2.76 bits per heavy atom. The van der Waals surface area contributed by atoms with E-state index in [-0.39, 0.29) is 5.54 Å². The minimum Gasteiger partial charge on any atom is -0.365 e. The molecular formula is C15H22ClN. The Morgan fingerprint density at radius 2 is 2.12 bits per heavy atom. The summed E-state index contributed by atoms with van der Waals surface area (Å²) in [5.41, 5.74) is 4.39. The maximum absolute atomic E-state index is 5.96. The van der Waals surface area contributed by atoms with Crippen LogP contribution in [0.2, 0.25) is 0 Å². The van der Waals surface area contributed by atoms with Crippen molar-refractivity contribution in [1.29, 1.82) is 0 Å². The molecule has 1 aromatic rings. The molecule has 0 aliphatic carbocycles. The van der Waals surface area contributed by atoms with E-state index < -0.39 is 0 Å². The molecule has 0 saturated heterocycles. The molecule has 2 rings (SSSR count). The Bertz CT molecular complexity index is 411. The third-order valence-corrected chi connectivity index (χ3v) is 4.02. The van der Waals surface area contributed by atoms with Crippen LogP contribution in [0.4, 0.5) is 5.69 Å². The predicted octanol–water partition coefficient (Wildman–Crippen LogP) is 4.33. The lowest BCUT2D eigenvalue weighted by Gasteiger charge is -2.47. The Hall–Kier alpha value is -0.690. The highest BCUT2D eigenvalue weighted by Gasteiger charge is 2.35. The van der Waals surface area contributed by atoms with Gasteiger partial charge in [0, 0.05) is 23.7 Å². The summed E-state index contributed by atoms with van der Waals surface area (Å²) in [6.07, 6.45) is 1.19. The fraction of sp³-hybridized carbons (Fsp3) is 0.600. The molecule has 0 spiro atoms. The van der Waals surface area contributed by atoms with Crippen LogP contribution in [0.1, 0.15) is 44.2 Å². The third kappa shape index (κ3) is 2.30. The van der Waals surface area contributed by atoms with Crippen molar-refractivity contribution >= 4 is 17.3 Å². The Morgan fingerprint density at radius 1 is 1.41 bits per heavy atom. The standard InChI is InChI=1S/C15H22ClN/c1-11-5-6-13-12(2)10-15(3,4)17(8-7-16)14(13)9-11/h5-6,9,12H,7-8,10H2,1-4H3/t12-/m0/s1. The van der Waals surface area contributed by atoms with Crippen LogP contribution >= 0.6 is 11.6 Å². The van der Waals surface area contributed by atoms with Crippen molar-refractivity contribution in [1.82, 2.24) is 0 Å². The van der Waals surface area contributed by atoms with Crippen LogP contribution in [0.15, 0.2) is 18.2 Å². The fourth-order valence-electron chi connectivity index (χ4n) is 3.11. The molecule has 0 amide bonds. The van der Waals surface area contributed by atoms with Crippen molar-refractivity contribution in [3.8, 4) is 0 Å². The van der Waals surface area contributed by atoms with Crippen LogP contribution in [-0.2, 0) is 0 Å². The summed E-state index contributed by atoms with van der Waals surface area (Å²) in [4.78, 5) is 2.47. The highest BCUT2D eigenvalue weighted by atomic mass is 35.5. The van der Waals surface area contributed by atoms with Gasteiger partial charge in [0.15, 0.2) is 0 Å². The first-order chi connectivity index (χ1) is 7.95. The van der Waals surface area contributed by atoms with Gasteiger partial charge in [0.1, 0.15) is 0 Å². The molecule has 1 nitrogen and oxygen atoms in total. The molecule has 17 heavy (non-hydrogen) atoms. The lowest BCUT2D eigenvalue weighted by molar-refractivity contribution is 0.382. The van der Waals surface area contributed by atoms with Crippen molar-refractivity contribution in [2.45, 2.75) is 45.6 Å². The monoisotopic (exact) mass is 251 g/mol. The van der Waals surface area contributed by atoms with E-state index in [4.69, 9.17) is 11.6 Å². The Balaban J connectivity index is 2.50. The number of aryl methyl sites for hydroxylation is 1. The van der Waals surface area contributed by atoms with E-state index in [9.17, 15) is 0 Å². The molecule has 1 aromatic carbocycles. The highest BCUT2D eigenvalue weighted by Crippen LogP contribution is 2.43. The van der Waals surface area contributed by atoms with E-state index >= 15 is 0 Å². The predicted molar refractivity (Wildman–Crippen MR) is 76.4 cm³/mol. The second-order valence-corrected chi connectivity index (χ2v) is 6.20. The third-order valence-electron chi connectivity index (χ3n) is 3.85. The number of nitrogens with zero attached hydrogens (tertiary/aromatic N) is 1. The molecule has 0 fully saturated rings. The molecule has 0 saturated carbocycles. The quantitative estimate of drug-likeness (QED) is 0.708. The number of halogens is 1. The first kappa shape index (κ1) is 12.8. The van der Waals surface area contributed by atoms with Crippen LogP contribution in [0.25, 0.3) is 0 Å². The van der Waals surface area contributed by atoms with Crippen LogP contribution in [0, 0.1) is 6.92 Å². The fourth-order valence-corrected chi connectivity index (χ4v) is 3.28. The first-order valence-electron chi connectivity index (χ1n) is 6.40. The summed E-state index contributed by atoms with van der Waals surface area (Å²) in [5.74, 6) is 1.32. The van der Waals surface area contributed by atoms with E-state index in [2.05, 4.69) is 50.8 Å². The van der Waals surface area contributed by atoms with Crippen LogP contribution in [-0.4, -0.2) is 18.0 Å². The molecule has 1 aliphatic heterocycles. The van der Waals surface area contributed by atoms with E-state index in [0.717, 1.165) is 6.54 Å². The van der Waals surface area contributed by atoms with Crippen molar-refractivity contribution < 1.29 is 0 Å². The number of hydrogen-bond acceptors (Lipinski definition) is 1. The first-order valence-corrected chi connectivity index (χ1v) is 6.93. The lowest BCUT2D eigenvalue weighted by Crippen LogP contribution is -2.49. The summed E-state index contributed by atoms with van der Waals surface area (Å²) in [5, 5.41) is 0. The van der Waals surface area contributed by atoms with Crippen molar-refractivity contribution in [3.05, 3.63) is 29.3 Å². The molecule has 94 valence electrons. The van der Waals surface area contributed by atoms with Gasteiger partial charge in [0.2, 0.25) is 0 Å². The molecular weight excluding hydrogens is 230 g/mol. The van der Waals surface area contributed by atoms with E-state index in [1.807, 2.05) is 0 Å². The number of hydrogen-bond donors (Lipinski definition) is 0. The van der Waals surface area contributed by atoms with Gasteiger partial charge in [-0.1, -0.05) is 19.1 Å². The molecule has 0 bridgehead atoms. The summed E-state index contributed by atoms with van der Waals surface area (Å²) >= 11 is 5.96. The van der Waals surface area contributed by atoms with Crippen LogP contribution in [0.3, 0.4) is 0 Å². The second kappa shape index (κ2) is 4.53. The molecule has 2 heteroatoms. The minimum atomic E-state index is 0.203. The minimum absolute atomic E-state index is 0.203. The zero-order valence-corrected chi connectivity index (χ0v) is 12.0. The van der Waals surface area contributed by atoms with Gasteiger partial charge in [0.05, 0.1) is 0 Å². The van der Waals surface area contributed by atoms with E-state index in [1.165, 1.54) is 23.2 Å². The number of anilines is 1. The molecule has 0 radical (unpaired) electrons. The molecule has 1 heterocycles. The highest BCUT2D eigenvalue weighted by molar-refractivity contribution is 6.18. The summed E-state index contributed by atoms with van der Waals surface area (Å²) in [7, 11) is 0. The maximum Gasteiger partial charge on any atom is 0.0409 e. The maximum atomic E-state index is 5.96. The number of fused-ring (bicyclic) bond motifs is 1. The molecule has 1 aliphatic rings. The van der Waals surface area contributed by atoms with Gasteiger partial charge in [-0.3, -0.25) is 0 Å². The Labute approximate surface area is 110 Å². The zero-order valence-electron chi connectivity index (χ0n) is 11.3. The van der Waals surface area contributed by atoms with Crippen LogP contribution in [0.5, 0.6) is 0 Å². The molecule has 0 N–H and O–H groups in total. The van der Waals surface area contributed by atoms with E-state index in [0.29, 0.717) is 11.8 Å². The topological polar surface area (TPSA) is 3.24 Å². The van der Waals surface area contributed by atoms with Gasteiger partial charge < -0.3 is 4.90 Å². The number of benzene rings is 1. The van der Waals surface area contributed by atoms with Gasteiger partial charge in [-0.15, -0.1) is 11.6 Å². The smallest absolute Gasteiger partial charge is 0.0409 e. The lowest BCUT2D eigenvalue weighted by atomic mass is 9.80. The Kier molecular flexibility index (Phi) is 3.40. The average molecular weight is 252 g/mol. The zero-order chi connectivity index (χ0) is 12.6. The van der Waals surface area contributed by atoms with Gasteiger partial charge in [-0.05, 0) is 50.3 Å². The van der Waals surface area contributed by atoms with Gasteiger partial charge in [0.25, 0.3) is 0 Å². The number of rotatable bonds is 2. The van der Waals surface area contributed by atoms with Gasteiger partial charge in [-0.25, -0.2) is 0 Å². The van der Waals surface area contributed by atoms with Crippen molar-refractivity contribution in [2.24, 2.45) is 0 Å². The SMILES string of the molecule is Cc1ccc2c(c1)N(CCCl)C(C)(C)C[C@@H]2C. The molecule has 0 aromatic heterocycles. The summed E-state index contributed by atoms with van der Waals surface area (Å²) in [6.45, 7) is 10.1. The van der Waals surface area contributed by atoms with Crippen LogP contribution < -0.4 is 4.90 Å². The normalized spacial score (nSPS) is 22.4. The average Bonchev–Trinajstić information content (AvgIpc) is 2.23. The van der Waals surface area contributed by atoms with Crippen molar-refractivity contribution in [3.63, 3.8) is 0 Å². The van der Waals surface area contributed by atoms with Gasteiger partial charge in [-0.2, -0.15) is 0 Å². The molecule has 1 atom stereocenters. The second-order valence-electron chi connectivity index (χ2n) is 5.82. The van der Waals surface area contributed by atoms with E-state index in [1.54, 1.807) is 0 Å². The summed E-state index contributed by atoms with van der Waals surface area (Å²) in [6, 6.07) is 6.80. The van der Waals surface area contributed by atoms with Crippen molar-refractivity contribution in [2.75, 3.05) is 17.3 Å². The number of alkyl halides is 1. The van der Waals surface area contributed by atoms with Gasteiger partial charge >= 0.3 is 0 Å². The largest absolute Gasteiger partial charge is 0.365 e. The molecule has 0 unspecified atom stereocenters. The summed E-state index contributed by atoms with van der Waals surface area (Å²) < 4.78 is 0.